The van der Waals surface area contributed by atoms with Gasteiger partial charge in [-0.25, -0.2) is 17.9 Å². The van der Waals surface area contributed by atoms with Crippen molar-refractivity contribution in [3.8, 4) is 0 Å². The summed E-state index contributed by atoms with van der Waals surface area (Å²) in [5, 5.41) is 23.0. The normalized spacial score (nSPS) is 16.2. The summed E-state index contributed by atoms with van der Waals surface area (Å²) in [7, 11) is -6.32. The van der Waals surface area contributed by atoms with E-state index in [0.717, 1.165) is 81.1 Å². The third-order valence-electron chi connectivity index (χ3n) is 12.4. The highest BCUT2D eigenvalue weighted by Gasteiger charge is 2.32. The summed E-state index contributed by atoms with van der Waals surface area (Å²) in [6, 6.07) is 10.1. The zero-order valence-electron chi connectivity index (χ0n) is 36.3. The monoisotopic (exact) mass is 938 g/mol. The molecule has 2 atom stereocenters. The van der Waals surface area contributed by atoms with Gasteiger partial charge in [0.25, 0.3) is 0 Å². The molecule has 3 aromatic carbocycles. The molecule has 0 aromatic heterocycles. The van der Waals surface area contributed by atoms with E-state index in [2.05, 4.69) is 34.0 Å². The lowest BCUT2D eigenvalue weighted by Crippen LogP contribution is -2.37. The minimum atomic E-state index is -3.82. The van der Waals surface area contributed by atoms with E-state index in [1.807, 2.05) is 6.07 Å². The quantitative estimate of drug-likeness (QED) is 0.0342. The summed E-state index contributed by atoms with van der Waals surface area (Å²) >= 11 is 5.00. The summed E-state index contributed by atoms with van der Waals surface area (Å²) in [6.07, 6.45) is 7.56. The highest BCUT2D eigenvalue weighted by molar-refractivity contribution is 7.89. The Balaban J connectivity index is 0.885. The number of nitrogens with one attached hydrogen (secondary N) is 2. The topological polar surface area (TPSA) is 213 Å². The predicted molar refractivity (Wildman–Crippen MR) is 245 cm³/mol. The molecule has 3 aliphatic heterocycles. The van der Waals surface area contributed by atoms with Gasteiger partial charge in [-0.3, -0.25) is 19.1 Å². The third-order valence-corrected chi connectivity index (χ3v) is 15.1. The number of aliphatic carboxylic acids is 2. The van der Waals surface area contributed by atoms with Crippen LogP contribution in [0.2, 0.25) is 0 Å². The average molecular weight is 939 g/mol. The number of amides is 1. The lowest BCUT2D eigenvalue weighted by atomic mass is 9.75. The van der Waals surface area contributed by atoms with Crippen molar-refractivity contribution in [3.63, 3.8) is 0 Å². The minimum absolute atomic E-state index is 0.0303. The lowest BCUT2D eigenvalue weighted by molar-refractivity contribution is -0.146. The molecular weight excluding hydrogens is 880 g/mol. The van der Waals surface area contributed by atoms with Crippen LogP contribution in [0.5, 0.6) is 0 Å². The maximum absolute atomic E-state index is 13.6. The minimum Gasteiger partial charge on any atom is -0.481 e. The average Bonchev–Trinajstić information content (AvgIpc) is 3.27. The Morgan fingerprint density at radius 2 is 1.69 bits per heavy atom. The van der Waals surface area contributed by atoms with Crippen LogP contribution in [0.15, 0.2) is 45.1 Å². The third kappa shape index (κ3) is 11.5. The molecule has 0 fully saturated rings. The summed E-state index contributed by atoms with van der Waals surface area (Å²) in [5.41, 5.74) is 12.9. The Kier molecular flexibility index (Phi) is 16.5. The molecule has 1 aliphatic carbocycles. The molecule has 1 amide bonds. The molecule has 5 N–H and O–H groups in total. The fourth-order valence-electron chi connectivity index (χ4n) is 9.34. The van der Waals surface area contributed by atoms with Gasteiger partial charge in [0, 0.05) is 62.8 Å². The van der Waals surface area contributed by atoms with Crippen molar-refractivity contribution in [2.45, 2.75) is 113 Å². The van der Waals surface area contributed by atoms with E-state index < -0.39 is 43.1 Å². The first-order valence-corrected chi connectivity index (χ1v) is 25.4. The number of sulfonamides is 1. The molecule has 2 unspecified atom stereocenters. The van der Waals surface area contributed by atoms with Crippen molar-refractivity contribution in [1.82, 2.24) is 10.0 Å². The van der Waals surface area contributed by atoms with Crippen molar-refractivity contribution < 1.29 is 51.7 Å². The highest BCUT2D eigenvalue weighted by Crippen LogP contribution is 2.44. The number of rotatable bonds is 23. The van der Waals surface area contributed by atoms with Gasteiger partial charge in [0.15, 0.2) is 6.10 Å². The Bertz CT molecular complexity index is 2480. The molecular formula is C46H59N4O11PS2. The number of benzene rings is 3. The van der Waals surface area contributed by atoms with E-state index in [0.29, 0.717) is 43.5 Å². The summed E-state index contributed by atoms with van der Waals surface area (Å²) < 4.78 is 45.3. The van der Waals surface area contributed by atoms with Gasteiger partial charge in [-0.1, -0.05) is 12.5 Å². The maximum atomic E-state index is 13.6. The van der Waals surface area contributed by atoms with E-state index in [4.69, 9.17) is 41.6 Å². The summed E-state index contributed by atoms with van der Waals surface area (Å²) in [5.74, 6) is -2.70. The molecule has 15 nitrogen and oxygen atoms in total. The number of thiol groups is 1. The number of carbonyl (C=O) groups is 3. The molecule has 18 heteroatoms. The van der Waals surface area contributed by atoms with Gasteiger partial charge in [-0.15, -0.1) is 12.6 Å². The van der Waals surface area contributed by atoms with Crippen molar-refractivity contribution in [2.75, 3.05) is 57.4 Å². The number of ether oxygens (including phenoxy) is 1. The number of carboxylic acids is 2. The number of anilines is 1. The Morgan fingerprint density at radius 3 is 2.47 bits per heavy atom. The van der Waals surface area contributed by atoms with Gasteiger partial charge in [0.05, 0.1) is 23.5 Å². The van der Waals surface area contributed by atoms with Crippen LogP contribution in [0.25, 0.3) is 5.57 Å². The van der Waals surface area contributed by atoms with Gasteiger partial charge in [0.2, 0.25) is 15.9 Å². The SMILES string of the molecule is Cc1c2c(cc3c1=NCCC3)=C(c1ccc(S(=O)(=O)NCCCCCC(=O)NCCOCCCOP(O)OC(CCC(=O)O)C(=O)O)cc1S)c1cc3c4c(c1C2)CCCN4CCC3. The first-order chi connectivity index (χ1) is 30.8. The summed E-state index contributed by atoms with van der Waals surface area (Å²) in [4.78, 5) is 52.3. The fraction of sp³-hybridized carbons (Fsp3) is 0.522. The zero-order chi connectivity index (χ0) is 45.4. The van der Waals surface area contributed by atoms with Crippen LogP contribution in [-0.4, -0.2) is 100 Å². The van der Waals surface area contributed by atoms with E-state index in [1.54, 1.807) is 12.1 Å². The first kappa shape index (κ1) is 48.0. The van der Waals surface area contributed by atoms with Gasteiger partial charge in [-0.05, 0) is 157 Å². The Labute approximate surface area is 381 Å². The summed E-state index contributed by atoms with van der Waals surface area (Å²) in [6.45, 7) is 6.36. The molecule has 4 aliphatic rings. The molecule has 3 aromatic rings. The zero-order valence-corrected chi connectivity index (χ0v) is 38.9. The number of hydrogen-bond acceptors (Lipinski definition) is 12. The number of nitrogens with zero attached hydrogens (tertiary/aromatic N) is 2. The van der Waals surface area contributed by atoms with Crippen LogP contribution in [0.4, 0.5) is 5.69 Å². The molecule has 64 heavy (non-hydrogen) atoms. The Morgan fingerprint density at radius 1 is 0.891 bits per heavy atom. The maximum Gasteiger partial charge on any atom is 0.333 e. The molecule has 0 radical (unpaired) electrons. The van der Waals surface area contributed by atoms with Gasteiger partial charge in [-0.2, -0.15) is 0 Å². The number of carboxylic acid groups (broad SMARTS) is 2. The van der Waals surface area contributed by atoms with Crippen LogP contribution in [-0.2, 0) is 63.9 Å². The van der Waals surface area contributed by atoms with Crippen molar-refractivity contribution in [3.05, 3.63) is 85.4 Å². The lowest BCUT2D eigenvalue weighted by Gasteiger charge is -2.40. The first-order valence-electron chi connectivity index (χ1n) is 22.4. The largest absolute Gasteiger partial charge is 0.481 e. The number of aryl methyl sites for hydroxylation is 2. The highest BCUT2D eigenvalue weighted by atomic mass is 32.2. The van der Waals surface area contributed by atoms with Gasteiger partial charge < -0.3 is 34.6 Å². The number of unbranched alkanes of at least 4 members (excludes halogenated alkanes) is 2. The van der Waals surface area contributed by atoms with E-state index in [9.17, 15) is 27.7 Å². The van der Waals surface area contributed by atoms with E-state index >= 15 is 0 Å². The van der Waals surface area contributed by atoms with Crippen LogP contribution in [0.1, 0.15) is 109 Å². The second kappa shape index (κ2) is 22.0. The Hall–Kier alpha value is -3.93. The molecule has 0 saturated carbocycles. The molecule has 0 spiro atoms. The fourth-order valence-corrected chi connectivity index (χ4v) is 11.6. The van der Waals surface area contributed by atoms with Crippen molar-refractivity contribution in [2.24, 2.45) is 4.99 Å². The van der Waals surface area contributed by atoms with Crippen LogP contribution in [0.3, 0.4) is 0 Å². The van der Waals surface area contributed by atoms with Crippen LogP contribution >= 0.6 is 21.2 Å². The molecule has 346 valence electrons. The van der Waals surface area contributed by atoms with Gasteiger partial charge >= 0.3 is 20.5 Å². The molecule has 3 heterocycles. The predicted octanol–water partition coefficient (Wildman–Crippen LogP) is 4.63. The standard InChI is InChI=1S/C46H59N4O11PS2/c1-29-35-28-36-33-11-7-21-50-20-6-10-31(45(33)50)26-38(36)43(37(35)25-30-9-5-17-48-44(29)30)34-14-13-32(27-40(34)63)64(57,58)49-18-4-2-3-12-41(51)47-19-24-59-22-8-23-60-62(56)61-39(46(54)55)15-16-42(52)53/h13-14,25-27,39,49,56,63H,2-12,15-24,28H2,1H3,(H,47,51)(H,52,53)(H,54,55). The molecule has 0 bridgehead atoms. The van der Waals surface area contributed by atoms with Gasteiger partial charge in [0.1, 0.15) is 0 Å². The van der Waals surface area contributed by atoms with Crippen molar-refractivity contribution in [1.29, 1.82) is 0 Å². The van der Waals surface area contributed by atoms with Crippen LogP contribution in [0, 0.1) is 6.92 Å². The second-order valence-electron chi connectivity index (χ2n) is 16.8. The van der Waals surface area contributed by atoms with E-state index in [-0.39, 0.29) is 43.6 Å². The second-order valence-corrected chi connectivity index (χ2v) is 20.0. The number of carbonyl (C=O) groups excluding carboxylic acids is 1. The molecule has 7 rings (SSSR count). The molecule has 0 saturated heterocycles. The van der Waals surface area contributed by atoms with Crippen molar-refractivity contribution >= 4 is 60.4 Å². The number of fused-ring (bicyclic) bond motifs is 4. The number of hydrogen-bond donors (Lipinski definition) is 6. The van der Waals surface area contributed by atoms with E-state index in [1.165, 1.54) is 49.9 Å². The smallest absolute Gasteiger partial charge is 0.333 e. The van der Waals surface area contributed by atoms with Crippen LogP contribution < -0.4 is 25.5 Å².